The van der Waals surface area contributed by atoms with Crippen LogP contribution in [0.4, 0.5) is 13.2 Å². The number of hydrogen-bond acceptors (Lipinski definition) is 2. The minimum atomic E-state index is -4.42. The van der Waals surface area contributed by atoms with E-state index in [0.717, 1.165) is 6.08 Å². The highest BCUT2D eigenvalue weighted by Crippen LogP contribution is 2.22. The van der Waals surface area contributed by atoms with Crippen LogP contribution in [-0.4, -0.2) is 19.3 Å². The molecule has 0 aliphatic rings. The van der Waals surface area contributed by atoms with Crippen molar-refractivity contribution in [3.8, 4) is 5.75 Å². The van der Waals surface area contributed by atoms with Gasteiger partial charge in [0.2, 0.25) is 0 Å². The highest BCUT2D eigenvalue weighted by Gasteiger charge is 2.34. The highest BCUT2D eigenvalue weighted by molar-refractivity contribution is 5.57. The molecule has 0 unspecified atom stereocenters. The molecule has 0 aliphatic carbocycles. The van der Waals surface area contributed by atoms with Crippen LogP contribution in [0, 0.1) is 0 Å². The standard InChI is InChI=1S/C11H12F3NO/c1-16-9-5-3-2-4-8(9)6-7-10(15)11(12,13)14/h2-7,10H,15H2,1H3/t10-/m0/s1. The van der Waals surface area contributed by atoms with Crippen molar-refractivity contribution < 1.29 is 17.9 Å². The van der Waals surface area contributed by atoms with Gasteiger partial charge in [0, 0.05) is 5.56 Å². The number of alkyl halides is 3. The maximum Gasteiger partial charge on any atom is 0.407 e. The van der Waals surface area contributed by atoms with Crippen LogP contribution in [0.3, 0.4) is 0 Å². The third-order valence-electron chi connectivity index (χ3n) is 2.00. The quantitative estimate of drug-likeness (QED) is 0.867. The zero-order valence-corrected chi connectivity index (χ0v) is 8.66. The molecule has 1 atom stereocenters. The van der Waals surface area contributed by atoms with Gasteiger partial charge >= 0.3 is 6.18 Å². The topological polar surface area (TPSA) is 35.2 Å². The summed E-state index contributed by atoms with van der Waals surface area (Å²) in [6.45, 7) is 0. The number of ether oxygens (including phenoxy) is 1. The molecule has 2 nitrogen and oxygen atoms in total. The first-order valence-corrected chi connectivity index (χ1v) is 4.58. The van der Waals surface area contributed by atoms with Crippen LogP contribution in [0.5, 0.6) is 5.75 Å². The smallest absolute Gasteiger partial charge is 0.407 e. The fourth-order valence-electron chi connectivity index (χ4n) is 1.12. The van der Waals surface area contributed by atoms with Crippen LogP contribution < -0.4 is 10.5 Å². The molecule has 88 valence electrons. The maximum atomic E-state index is 12.1. The molecule has 1 aromatic carbocycles. The maximum absolute atomic E-state index is 12.1. The summed E-state index contributed by atoms with van der Waals surface area (Å²) in [5, 5.41) is 0. The lowest BCUT2D eigenvalue weighted by molar-refractivity contribution is -0.136. The molecule has 0 saturated heterocycles. The van der Waals surface area contributed by atoms with Crippen LogP contribution in [0.15, 0.2) is 30.3 Å². The van der Waals surface area contributed by atoms with Crippen LogP contribution in [0.1, 0.15) is 5.56 Å². The van der Waals surface area contributed by atoms with Crippen molar-refractivity contribution in [3.63, 3.8) is 0 Å². The summed E-state index contributed by atoms with van der Waals surface area (Å²) < 4.78 is 41.4. The van der Waals surface area contributed by atoms with Gasteiger partial charge in [0.1, 0.15) is 11.8 Å². The minimum Gasteiger partial charge on any atom is -0.496 e. The van der Waals surface area contributed by atoms with Gasteiger partial charge in [-0.15, -0.1) is 0 Å². The van der Waals surface area contributed by atoms with E-state index in [-0.39, 0.29) is 0 Å². The summed E-state index contributed by atoms with van der Waals surface area (Å²) in [4.78, 5) is 0. The Bertz CT molecular complexity index is 374. The lowest BCUT2D eigenvalue weighted by Gasteiger charge is -2.11. The molecule has 0 radical (unpaired) electrons. The average molecular weight is 231 g/mol. The Labute approximate surface area is 91.5 Å². The van der Waals surface area contributed by atoms with Crippen molar-refractivity contribution in [1.82, 2.24) is 0 Å². The highest BCUT2D eigenvalue weighted by atomic mass is 19.4. The number of para-hydroxylation sites is 1. The van der Waals surface area contributed by atoms with E-state index in [4.69, 9.17) is 10.5 Å². The number of hydrogen-bond donors (Lipinski definition) is 1. The molecule has 0 bridgehead atoms. The molecule has 1 aromatic rings. The van der Waals surface area contributed by atoms with E-state index in [1.165, 1.54) is 13.2 Å². The molecule has 5 heteroatoms. The molecule has 0 aromatic heterocycles. The zero-order valence-electron chi connectivity index (χ0n) is 8.66. The van der Waals surface area contributed by atoms with Crippen LogP contribution in [-0.2, 0) is 0 Å². The van der Waals surface area contributed by atoms with E-state index in [2.05, 4.69) is 0 Å². The van der Waals surface area contributed by atoms with Crippen molar-refractivity contribution in [2.45, 2.75) is 12.2 Å². The lowest BCUT2D eigenvalue weighted by atomic mass is 10.1. The van der Waals surface area contributed by atoms with Crippen molar-refractivity contribution in [2.24, 2.45) is 5.73 Å². The van der Waals surface area contributed by atoms with Gasteiger partial charge < -0.3 is 10.5 Å². The van der Waals surface area contributed by atoms with Crippen molar-refractivity contribution in [2.75, 3.05) is 7.11 Å². The predicted octanol–water partition coefficient (Wildman–Crippen LogP) is 2.60. The van der Waals surface area contributed by atoms with E-state index in [9.17, 15) is 13.2 Å². The number of benzene rings is 1. The third kappa shape index (κ3) is 3.27. The van der Waals surface area contributed by atoms with Crippen LogP contribution >= 0.6 is 0 Å². The molecule has 1 rings (SSSR count). The molecule has 0 amide bonds. The molecule has 0 aliphatic heterocycles. The van der Waals surface area contributed by atoms with Crippen molar-refractivity contribution in [3.05, 3.63) is 35.9 Å². The average Bonchev–Trinajstić information content (AvgIpc) is 2.24. The molecular weight excluding hydrogens is 219 g/mol. The molecule has 0 spiro atoms. The molecule has 2 N–H and O–H groups in total. The predicted molar refractivity (Wildman–Crippen MR) is 56.1 cm³/mol. The monoisotopic (exact) mass is 231 g/mol. The van der Waals surface area contributed by atoms with Gasteiger partial charge in [-0.1, -0.05) is 30.4 Å². The van der Waals surface area contributed by atoms with E-state index >= 15 is 0 Å². The van der Waals surface area contributed by atoms with E-state index in [0.29, 0.717) is 11.3 Å². The van der Waals surface area contributed by atoms with Crippen molar-refractivity contribution >= 4 is 6.08 Å². The summed E-state index contributed by atoms with van der Waals surface area (Å²) in [5.74, 6) is 0.508. The van der Waals surface area contributed by atoms with E-state index < -0.39 is 12.2 Å². The normalized spacial score (nSPS) is 14.1. The number of nitrogens with two attached hydrogens (primary N) is 1. The summed E-state index contributed by atoms with van der Waals surface area (Å²) in [6.07, 6.45) is -2.21. The fraction of sp³-hybridized carbons (Fsp3) is 0.273. The molecule has 0 saturated carbocycles. The first-order chi connectivity index (χ1) is 7.45. The Hall–Kier alpha value is -1.49. The van der Waals surface area contributed by atoms with Crippen LogP contribution in [0.2, 0.25) is 0 Å². The molecule has 0 heterocycles. The number of halogens is 3. The Morgan fingerprint density at radius 2 is 1.94 bits per heavy atom. The third-order valence-corrected chi connectivity index (χ3v) is 2.00. The fourth-order valence-corrected chi connectivity index (χ4v) is 1.12. The first-order valence-electron chi connectivity index (χ1n) is 4.58. The lowest BCUT2D eigenvalue weighted by Crippen LogP contribution is -2.35. The first kappa shape index (κ1) is 12.6. The van der Waals surface area contributed by atoms with Gasteiger partial charge in [-0.2, -0.15) is 13.2 Å². The summed E-state index contributed by atoms with van der Waals surface area (Å²) in [6, 6.07) is 4.80. The van der Waals surface area contributed by atoms with Crippen molar-refractivity contribution in [1.29, 1.82) is 0 Å². The zero-order chi connectivity index (χ0) is 12.2. The Morgan fingerprint density at radius 1 is 1.31 bits per heavy atom. The summed E-state index contributed by atoms with van der Waals surface area (Å²) in [5.41, 5.74) is 5.50. The minimum absolute atomic E-state index is 0.508. The Balaban J connectivity index is 2.84. The molecule has 0 fully saturated rings. The van der Waals surface area contributed by atoms with E-state index in [1.807, 2.05) is 0 Å². The largest absolute Gasteiger partial charge is 0.496 e. The number of methoxy groups -OCH3 is 1. The van der Waals surface area contributed by atoms with Gasteiger partial charge in [0.15, 0.2) is 0 Å². The second kappa shape index (κ2) is 5.03. The van der Waals surface area contributed by atoms with Gasteiger partial charge in [-0.05, 0) is 6.07 Å². The van der Waals surface area contributed by atoms with Gasteiger partial charge in [-0.3, -0.25) is 0 Å². The van der Waals surface area contributed by atoms with Crippen LogP contribution in [0.25, 0.3) is 6.08 Å². The van der Waals surface area contributed by atoms with Gasteiger partial charge in [0.05, 0.1) is 7.11 Å². The van der Waals surface area contributed by atoms with Gasteiger partial charge in [0.25, 0.3) is 0 Å². The van der Waals surface area contributed by atoms with Gasteiger partial charge in [-0.25, -0.2) is 0 Å². The Kier molecular flexibility index (Phi) is 3.95. The summed E-state index contributed by atoms with van der Waals surface area (Å²) in [7, 11) is 1.45. The molecule has 16 heavy (non-hydrogen) atoms. The SMILES string of the molecule is COc1ccccc1C=C[C@H](N)C(F)(F)F. The second-order valence-electron chi connectivity index (χ2n) is 3.17. The summed E-state index contributed by atoms with van der Waals surface area (Å²) >= 11 is 0. The number of rotatable bonds is 3. The Morgan fingerprint density at radius 3 is 2.50 bits per heavy atom. The van der Waals surface area contributed by atoms with E-state index in [1.54, 1.807) is 24.3 Å². The second-order valence-corrected chi connectivity index (χ2v) is 3.17. The molecular formula is C11H12F3NO.